The van der Waals surface area contributed by atoms with Gasteiger partial charge in [-0.3, -0.25) is 9.59 Å². The molecule has 2 aromatic carbocycles. The van der Waals surface area contributed by atoms with E-state index in [9.17, 15) is 9.59 Å². The molecule has 0 spiro atoms. The van der Waals surface area contributed by atoms with E-state index in [0.29, 0.717) is 12.6 Å². The topological polar surface area (TPSA) is 78.2 Å². The van der Waals surface area contributed by atoms with Gasteiger partial charge in [-0.1, -0.05) is 60.7 Å². The number of aromatic nitrogens is 2. The molecule has 186 valence electrons. The van der Waals surface area contributed by atoms with Crippen molar-refractivity contribution in [2.24, 2.45) is 11.7 Å². The van der Waals surface area contributed by atoms with Crippen molar-refractivity contribution in [3.05, 3.63) is 90.0 Å². The van der Waals surface area contributed by atoms with Gasteiger partial charge in [0, 0.05) is 20.3 Å². The zero-order chi connectivity index (χ0) is 24.1. The first-order valence-corrected chi connectivity index (χ1v) is 12.1. The standard InChI is InChI=1S/C28H33N3O3.BrH/c1-21-30(16-9-19-34-22(2)32)17-18-31(21)26-15-14-25(20-26)28(27(29)33,23-10-5-3-6-11-23)24-12-7-4-8-13-24;/h3-8,10-13,17-18,25-26H,9,14-16,19-20H2,1-2H3,(H-,29,33);1H/t25-,26+;/m0./s1. The van der Waals surface area contributed by atoms with Crippen LogP contribution in [0.2, 0.25) is 0 Å². The number of rotatable bonds is 9. The number of ether oxygens (including phenoxy) is 1. The quantitative estimate of drug-likeness (QED) is 0.249. The van der Waals surface area contributed by atoms with Gasteiger partial charge in [0.05, 0.1) is 13.2 Å². The molecule has 1 heterocycles. The van der Waals surface area contributed by atoms with Gasteiger partial charge in [-0.15, -0.1) is 0 Å². The number of imidazole rings is 1. The van der Waals surface area contributed by atoms with Crippen LogP contribution in [-0.2, 0) is 26.3 Å². The average molecular weight is 541 g/mol. The third kappa shape index (κ3) is 5.35. The Bertz CT molecular complexity index is 1090. The van der Waals surface area contributed by atoms with Crippen LogP contribution in [0, 0.1) is 12.8 Å². The molecule has 0 saturated heterocycles. The van der Waals surface area contributed by atoms with Crippen LogP contribution in [0.4, 0.5) is 0 Å². The van der Waals surface area contributed by atoms with Gasteiger partial charge in [0.1, 0.15) is 23.9 Å². The molecule has 0 bridgehead atoms. The fourth-order valence-corrected chi connectivity index (χ4v) is 5.72. The van der Waals surface area contributed by atoms with Gasteiger partial charge in [0.2, 0.25) is 5.91 Å². The highest BCUT2D eigenvalue weighted by Crippen LogP contribution is 2.48. The van der Waals surface area contributed by atoms with E-state index >= 15 is 0 Å². The molecule has 1 aromatic heterocycles. The van der Waals surface area contributed by atoms with Gasteiger partial charge in [0.15, 0.2) is 0 Å². The first kappa shape index (κ1) is 26.7. The zero-order valence-corrected chi connectivity index (χ0v) is 22.0. The number of nitrogens with two attached hydrogens (primary N) is 1. The maximum Gasteiger partial charge on any atom is 0.302 e. The van der Waals surface area contributed by atoms with E-state index in [2.05, 4.69) is 28.5 Å². The predicted molar refractivity (Wildman–Crippen MR) is 130 cm³/mol. The third-order valence-electron chi connectivity index (χ3n) is 7.30. The minimum Gasteiger partial charge on any atom is -1.00 e. The highest BCUT2D eigenvalue weighted by atomic mass is 79.9. The zero-order valence-electron chi connectivity index (χ0n) is 20.4. The smallest absolute Gasteiger partial charge is 0.302 e. The number of hydrogen-bond acceptors (Lipinski definition) is 3. The van der Waals surface area contributed by atoms with Crippen molar-refractivity contribution in [1.29, 1.82) is 0 Å². The lowest BCUT2D eigenvalue weighted by Gasteiger charge is -2.37. The van der Waals surface area contributed by atoms with E-state index in [0.717, 1.165) is 49.2 Å². The minimum atomic E-state index is -0.863. The average Bonchev–Trinajstić information content (AvgIpc) is 3.45. The third-order valence-corrected chi connectivity index (χ3v) is 7.30. The van der Waals surface area contributed by atoms with E-state index in [1.807, 2.05) is 60.7 Å². The van der Waals surface area contributed by atoms with Crippen molar-refractivity contribution in [1.82, 2.24) is 4.57 Å². The summed E-state index contributed by atoms with van der Waals surface area (Å²) in [5.74, 6) is 0.725. The molecule has 1 aliphatic rings. The fourth-order valence-electron chi connectivity index (χ4n) is 5.72. The Labute approximate surface area is 217 Å². The maximum absolute atomic E-state index is 13.3. The van der Waals surface area contributed by atoms with Gasteiger partial charge in [0.25, 0.3) is 5.82 Å². The second-order valence-corrected chi connectivity index (χ2v) is 9.21. The Hall–Kier alpha value is -2.93. The Morgan fingerprint density at radius 3 is 2.20 bits per heavy atom. The van der Waals surface area contributed by atoms with Crippen molar-refractivity contribution < 1.29 is 35.9 Å². The van der Waals surface area contributed by atoms with Gasteiger partial charge in [-0.05, 0) is 36.3 Å². The van der Waals surface area contributed by atoms with Crippen LogP contribution in [0.15, 0.2) is 73.1 Å². The van der Waals surface area contributed by atoms with E-state index < -0.39 is 5.41 Å². The number of amides is 1. The Morgan fingerprint density at radius 1 is 1.06 bits per heavy atom. The first-order valence-electron chi connectivity index (χ1n) is 12.1. The van der Waals surface area contributed by atoms with Crippen LogP contribution in [0.1, 0.15) is 55.6 Å². The van der Waals surface area contributed by atoms with Gasteiger partial charge >= 0.3 is 5.97 Å². The van der Waals surface area contributed by atoms with Crippen LogP contribution >= 0.6 is 0 Å². The summed E-state index contributed by atoms with van der Waals surface area (Å²) in [7, 11) is 0. The molecule has 35 heavy (non-hydrogen) atoms. The van der Waals surface area contributed by atoms with Crippen LogP contribution in [-0.4, -0.2) is 23.1 Å². The summed E-state index contributed by atoms with van der Waals surface area (Å²) in [6.45, 7) is 4.77. The Balaban J connectivity index is 0.00000342. The molecule has 4 rings (SSSR count). The molecule has 2 N–H and O–H groups in total. The Morgan fingerprint density at radius 2 is 1.66 bits per heavy atom. The Kier molecular flexibility index (Phi) is 8.89. The summed E-state index contributed by atoms with van der Waals surface area (Å²) in [4.78, 5) is 24.3. The number of primary amides is 1. The number of nitrogens with zero attached hydrogens (tertiary/aromatic N) is 2. The number of aryl methyl sites for hydroxylation is 1. The molecule has 1 amide bonds. The fraction of sp³-hybridized carbons (Fsp3) is 0.393. The number of carbonyl (C=O) groups excluding carboxylic acids is 2. The number of halogens is 1. The molecular formula is C28H34BrN3O3. The lowest BCUT2D eigenvalue weighted by Crippen LogP contribution is -3.00. The first-order chi connectivity index (χ1) is 16.4. The molecule has 0 radical (unpaired) electrons. The number of carbonyl (C=O) groups is 2. The number of benzene rings is 2. The second-order valence-electron chi connectivity index (χ2n) is 9.21. The van der Waals surface area contributed by atoms with Gasteiger partial charge in [-0.2, -0.15) is 0 Å². The van der Waals surface area contributed by atoms with Crippen molar-refractivity contribution in [2.45, 2.75) is 57.5 Å². The predicted octanol–water partition coefficient (Wildman–Crippen LogP) is 0.854. The SMILES string of the molecule is CC(=O)OCCCn1cc[n+]([C@@H]2CC[C@H](C(C(N)=O)(c3ccccc3)c3ccccc3)C2)c1C.[Br-]. The van der Waals surface area contributed by atoms with Crippen LogP contribution in [0.3, 0.4) is 0 Å². The molecule has 0 aliphatic heterocycles. The second kappa shape index (κ2) is 11.7. The molecule has 1 fully saturated rings. The summed E-state index contributed by atoms with van der Waals surface area (Å²) < 4.78 is 9.59. The molecule has 6 nitrogen and oxygen atoms in total. The van der Waals surface area contributed by atoms with Crippen LogP contribution in [0.5, 0.6) is 0 Å². The van der Waals surface area contributed by atoms with Gasteiger partial charge in [-0.25, -0.2) is 9.13 Å². The molecular weight excluding hydrogens is 506 g/mol. The number of esters is 1. The highest BCUT2D eigenvalue weighted by molar-refractivity contribution is 5.91. The molecule has 1 aliphatic carbocycles. The molecule has 7 heteroatoms. The number of hydrogen-bond donors (Lipinski definition) is 1. The van der Waals surface area contributed by atoms with E-state index in [1.165, 1.54) is 6.92 Å². The van der Waals surface area contributed by atoms with Crippen molar-refractivity contribution in [3.63, 3.8) is 0 Å². The lowest BCUT2D eigenvalue weighted by atomic mass is 9.64. The summed E-state index contributed by atoms with van der Waals surface area (Å²) in [6.07, 6.45) is 7.77. The summed E-state index contributed by atoms with van der Waals surface area (Å²) >= 11 is 0. The van der Waals surface area contributed by atoms with E-state index in [4.69, 9.17) is 10.5 Å². The monoisotopic (exact) mass is 539 g/mol. The summed E-state index contributed by atoms with van der Waals surface area (Å²) in [5, 5.41) is 0. The largest absolute Gasteiger partial charge is 1.00 e. The highest BCUT2D eigenvalue weighted by Gasteiger charge is 2.51. The molecule has 1 saturated carbocycles. The van der Waals surface area contributed by atoms with Crippen molar-refractivity contribution in [2.75, 3.05) is 6.61 Å². The van der Waals surface area contributed by atoms with Crippen molar-refractivity contribution in [3.8, 4) is 0 Å². The molecule has 3 aromatic rings. The maximum atomic E-state index is 13.3. The van der Waals surface area contributed by atoms with E-state index in [-0.39, 0.29) is 34.8 Å². The minimum absolute atomic E-state index is 0. The van der Waals surface area contributed by atoms with Crippen LogP contribution in [0.25, 0.3) is 0 Å². The summed E-state index contributed by atoms with van der Waals surface area (Å²) in [5.41, 5.74) is 7.30. The van der Waals surface area contributed by atoms with Crippen molar-refractivity contribution >= 4 is 11.9 Å². The van der Waals surface area contributed by atoms with Crippen LogP contribution < -0.4 is 27.3 Å². The summed E-state index contributed by atoms with van der Waals surface area (Å²) in [6, 6.07) is 20.3. The molecule has 0 unspecified atom stereocenters. The molecule has 2 atom stereocenters. The van der Waals surface area contributed by atoms with Gasteiger partial charge < -0.3 is 27.5 Å². The lowest BCUT2D eigenvalue weighted by molar-refractivity contribution is -0.727. The van der Waals surface area contributed by atoms with E-state index in [1.54, 1.807) is 0 Å². The normalized spacial score (nSPS) is 17.5.